The molecule has 0 unspecified atom stereocenters. The second kappa shape index (κ2) is 10.7. The number of hydrogen-bond acceptors (Lipinski definition) is 4. The van der Waals surface area contributed by atoms with Crippen molar-refractivity contribution >= 4 is 46.9 Å². The second-order valence-electron chi connectivity index (χ2n) is 8.40. The summed E-state index contributed by atoms with van der Waals surface area (Å²) in [6, 6.07) is 26.8. The van der Waals surface area contributed by atoms with Gasteiger partial charge in [-0.05, 0) is 65.7 Å². The van der Waals surface area contributed by atoms with E-state index in [1.54, 1.807) is 91.0 Å². The molecule has 5 rings (SSSR count). The molecule has 0 aromatic heterocycles. The molecular formula is C30H20ClFN2O4. The molecule has 1 aliphatic heterocycles. The van der Waals surface area contributed by atoms with E-state index in [1.807, 2.05) is 0 Å². The number of ether oxygens (including phenoxy) is 1. The zero-order valence-electron chi connectivity index (χ0n) is 19.9. The van der Waals surface area contributed by atoms with Crippen LogP contribution in [-0.2, 0) is 16.2 Å². The molecule has 1 heterocycles. The molecule has 1 saturated heterocycles. The molecule has 1 fully saturated rings. The Bertz CT molecular complexity index is 1490. The van der Waals surface area contributed by atoms with Gasteiger partial charge < -0.3 is 4.74 Å². The average molecular weight is 527 g/mol. The van der Waals surface area contributed by atoms with Gasteiger partial charge in [0, 0.05) is 0 Å². The van der Waals surface area contributed by atoms with Gasteiger partial charge >= 0.3 is 6.03 Å². The summed E-state index contributed by atoms with van der Waals surface area (Å²) >= 11 is 6.42. The van der Waals surface area contributed by atoms with Crippen molar-refractivity contribution in [3.63, 3.8) is 0 Å². The monoisotopic (exact) mass is 526 g/mol. The summed E-state index contributed by atoms with van der Waals surface area (Å²) in [6.07, 6.45) is 1.39. The molecule has 1 aliphatic rings. The third-order valence-electron chi connectivity index (χ3n) is 5.83. The molecule has 0 spiro atoms. The molecule has 0 saturated carbocycles. The van der Waals surface area contributed by atoms with Crippen molar-refractivity contribution in [2.24, 2.45) is 0 Å². The third-order valence-corrected chi connectivity index (χ3v) is 6.12. The van der Waals surface area contributed by atoms with Gasteiger partial charge in [-0.1, -0.05) is 66.2 Å². The van der Waals surface area contributed by atoms with Crippen LogP contribution in [0.5, 0.6) is 5.75 Å². The number of halogens is 2. The number of hydrogen-bond donors (Lipinski definition) is 0. The first-order valence-electron chi connectivity index (χ1n) is 11.6. The summed E-state index contributed by atoms with van der Waals surface area (Å²) in [7, 11) is 0. The van der Waals surface area contributed by atoms with E-state index in [1.165, 1.54) is 18.2 Å². The number of nitrogens with zero attached hydrogens (tertiary/aromatic N) is 2. The largest absolute Gasteiger partial charge is 0.487 e. The SMILES string of the molecule is O=C1C(=Cc2ccc(OCc3cccc(F)c3)c(Cl)c2)C(=O)N(c2ccccc2)C(=O)N1c1ccccc1. The molecule has 0 N–H and O–H groups in total. The van der Waals surface area contributed by atoms with Gasteiger partial charge in [0.25, 0.3) is 11.8 Å². The number of anilines is 2. The Balaban J connectivity index is 1.48. The fourth-order valence-corrected chi connectivity index (χ4v) is 4.26. The zero-order chi connectivity index (χ0) is 26.6. The molecular weight excluding hydrogens is 507 g/mol. The molecule has 4 amide bonds. The third kappa shape index (κ3) is 5.05. The maximum atomic E-state index is 13.5. The van der Waals surface area contributed by atoms with Crippen LogP contribution >= 0.6 is 11.6 Å². The van der Waals surface area contributed by atoms with E-state index < -0.39 is 17.8 Å². The lowest BCUT2D eigenvalue weighted by atomic mass is 10.0. The molecule has 6 nitrogen and oxygen atoms in total. The first-order chi connectivity index (χ1) is 18.4. The Kier molecular flexibility index (Phi) is 7.02. The van der Waals surface area contributed by atoms with Gasteiger partial charge in [-0.3, -0.25) is 9.59 Å². The Morgan fingerprint density at radius 1 is 0.737 bits per heavy atom. The fraction of sp³-hybridized carbons (Fsp3) is 0.0333. The lowest BCUT2D eigenvalue weighted by Crippen LogP contribution is -2.57. The molecule has 0 bridgehead atoms. The normalized spacial score (nSPS) is 13.6. The first-order valence-corrected chi connectivity index (χ1v) is 12.0. The predicted molar refractivity (Wildman–Crippen MR) is 143 cm³/mol. The van der Waals surface area contributed by atoms with Crippen molar-refractivity contribution < 1.29 is 23.5 Å². The fourth-order valence-electron chi connectivity index (χ4n) is 4.02. The highest BCUT2D eigenvalue weighted by Crippen LogP contribution is 2.31. The van der Waals surface area contributed by atoms with Crippen LogP contribution in [0.4, 0.5) is 20.6 Å². The van der Waals surface area contributed by atoms with Crippen molar-refractivity contribution in [1.29, 1.82) is 0 Å². The summed E-state index contributed by atoms with van der Waals surface area (Å²) in [4.78, 5) is 42.3. The van der Waals surface area contributed by atoms with Gasteiger partial charge in [0.1, 0.15) is 23.7 Å². The van der Waals surface area contributed by atoms with Gasteiger partial charge in [0.05, 0.1) is 16.4 Å². The van der Waals surface area contributed by atoms with Gasteiger partial charge in [0.2, 0.25) is 0 Å². The van der Waals surface area contributed by atoms with Gasteiger partial charge in [-0.15, -0.1) is 0 Å². The average Bonchev–Trinajstić information content (AvgIpc) is 2.92. The Hall–Kier alpha value is -4.75. The molecule has 8 heteroatoms. The van der Waals surface area contributed by atoms with Crippen LogP contribution in [0.25, 0.3) is 6.08 Å². The minimum Gasteiger partial charge on any atom is -0.487 e. The van der Waals surface area contributed by atoms with E-state index in [9.17, 15) is 18.8 Å². The highest BCUT2D eigenvalue weighted by Gasteiger charge is 2.43. The Morgan fingerprint density at radius 3 is 1.89 bits per heavy atom. The summed E-state index contributed by atoms with van der Waals surface area (Å²) < 4.78 is 19.2. The summed E-state index contributed by atoms with van der Waals surface area (Å²) in [5.74, 6) is -1.51. The Morgan fingerprint density at radius 2 is 1.34 bits per heavy atom. The Labute approximate surface area is 223 Å². The van der Waals surface area contributed by atoms with Crippen LogP contribution in [0.1, 0.15) is 11.1 Å². The standard InChI is InChI=1S/C30H20ClFN2O4/c31-26-18-20(14-15-27(26)38-19-21-8-7-9-22(32)16-21)17-25-28(35)33(23-10-3-1-4-11-23)30(37)34(29(25)36)24-12-5-2-6-13-24/h1-18H,19H2. The highest BCUT2D eigenvalue weighted by molar-refractivity contribution is 6.46. The van der Waals surface area contributed by atoms with Crippen LogP contribution in [0.15, 0.2) is 109 Å². The predicted octanol–water partition coefficient (Wildman–Crippen LogP) is 6.64. The highest BCUT2D eigenvalue weighted by atomic mass is 35.5. The van der Waals surface area contributed by atoms with E-state index >= 15 is 0 Å². The van der Waals surface area contributed by atoms with Gasteiger partial charge in [0.15, 0.2) is 0 Å². The summed E-state index contributed by atoms with van der Waals surface area (Å²) in [5.41, 5.74) is 1.56. The molecule has 38 heavy (non-hydrogen) atoms. The molecule has 0 atom stereocenters. The van der Waals surface area contributed by atoms with Crippen molar-refractivity contribution in [3.05, 3.63) is 131 Å². The van der Waals surface area contributed by atoms with Gasteiger partial charge in [-0.2, -0.15) is 0 Å². The lowest BCUT2D eigenvalue weighted by Gasteiger charge is -2.33. The van der Waals surface area contributed by atoms with Crippen LogP contribution in [0.2, 0.25) is 5.02 Å². The van der Waals surface area contributed by atoms with Gasteiger partial charge in [-0.25, -0.2) is 19.0 Å². The van der Waals surface area contributed by atoms with E-state index in [4.69, 9.17) is 16.3 Å². The minimum atomic E-state index is -0.770. The topological polar surface area (TPSA) is 66.9 Å². The molecule has 188 valence electrons. The van der Waals surface area contributed by atoms with Crippen molar-refractivity contribution in [1.82, 2.24) is 0 Å². The van der Waals surface area contributed by atoms with Crippen molar-refractivity contribution in [2.45, 2.75) is 6.61 Å². The van der Waals surface area contributed by atoms with Crippen molar-refractivity contribution in [2.75, 3.05) is 9.80 Å². The smallest absolute Gasteiger partial charge is 0.343 e. The maximum absolute atomic E-state index is 13.5. The number of amides is 4. The van der Waals surface area contributed by atoms with E-state index in [2.05, 4.69) is 0 Å². The van der Waals surface area contributed by atoms with Crippen LogP contribution < -0.4 is 14.5 Å². The van der Waals surface area contributed by atoms with E-state index in [-0.39, 0.29) is 23.0 Å². The number of carbonyl (C=O) groups excluding carboxylic acids is 3. The number of barbiturate groups is 1. The summed E-state index contributed by atoms with van der Waals surface area (Å²) in [5, 5.41) is 0.238. The first kappa shape index (κ1) is 24.9. The number of benzene rings is 4. The molecule has 4 aromatic rings. The second-order valence-corrected chi connectivity index (χ2v) is 8.81. The number of para-hydroxylation sites is 2. The molecule has 4 aromatic carbocycles. The number of imide groups is 2. The quantitative estimate of drug-likeness (QED) is 0.209. The number of rotatable bonds is 6. The summed E-state index contributed by atoms with van der Waals surface area (Å²) in [6.45, 7) is 0.106. The van der Waals surface area contributed by atoms with Crippen molar-refractivity contribution in [3.8, 4) is 5.75 Å². The van der Waals surface area contributed by atoms with Crippen LogP contribution in [0, 0.1) is 5.82 Å². The molecule has 0 radical (unpaired) electrons. The lowest BCUT2D eigenvalue weighted by molar-refractivity contribution is -0.121. The van der Waals surface area contributed by atoms with Crippen LogP contribution in [-0.4, -0.2) is 17.8 Å². The number of urea groups is 1. The maximum Gasteiger partial charge on any atom is 0.343 e. The zero-order valence-corrected chi connectivity index (χ0v) is 20.6. The van der Waals surface area contributed by atoms with Crippen LogP contribution in [0.3, 0.4) is 0 Å². The number of carbonyl (C=O) groups is 3. The van der Waals surface area contributed by atoms with E-state index in [0.29, 0.717) is 28.3 Å². The van der Waals surface area contributed by atoms with E-state index in [0.717, 1.165) is 9.80 Å². The minimum absolute atomic E-state index is 0.106. The molecule has 0 aliphatic carbocycles.